The number of nitrogens with zero attached hydrogens (tertiary/aromatic N) is 3. The molecule has 3 rings (SSSR count). The molecule has 0 atom stereocenters. The van der Waals surface area contributed by atoms with Gasteiger partial charge in [0, 0.05) is 37.9 Å². The number of halogens is 1. The molecule has 1 N–H and O–H groups in total. The molecule has 0 saturated carbocycles. The van der Waals surface area contributed by atoms with Crippen LogP contribution in [0.2, 0.25) is 0 Å². The Bertz CT molecular complexity index is 740. The molecule has 0 bridgehead atoms. The molecule has 0 spiro atoms. The minimum atomic E-state index is -0.301. The number of aromatic nitrogens is 1. The van der Waals surface area contributed by atoms with E-state index in [4.69, 9.17) is 0 Å². The first kappa shape index (κ1) is 19.3. The monoisotopic (exact) mass is 370 g/mol. The van der Waals surface area contributed by atoms with E-state index < -0.39 is 0 Å². The van der Waals surface area contributed by atoms with Crippen molar-refractivity contribution in [3.63, 3.8) is 0 Å². The Morgan fingerprint density at radius 1 is 1.22 bits per heavy atom. The molecule has 27 heavy (non-hydrogen) atoms. The van der Waals surface area contributed by atoms with Gasteiger partial charge in [-0.1, -0.05) is 6.07 Å². The number of piperidine rings is 1. The van der Waals surface area contributed by atoms with Crippen molar-refractivity contribution in [1.82, 2.24) is 9.88 Å². The van der Waals surface area contributed by atoms with E-state index in [1.807, 2.05) is 13.2 Å². The predicted octanol–water partition coefficient (Wildman–Crippen LogP) is 3.53. The van der Waals surface area contributed by atoms with Crippen molar-refractivity contribution in [1.29, 1.82) is 0 Å². The molecule has 2 heterocycles. The van der Waals surface area contributed by atoms with Crippen LogP contribution in [0.25, 0.3) is 0 Å². The number of anilines is 2. The highest BCUT2D eigenvalue weighted by atomic mass is 19.1. The summed E-state index contributed by atoms with van der Waals surface area (Å²) in [6.45, 7) is 5.66. The van der Waals surface area contributed by atoms with Crippen LogP contribution >= 0.6 is 0 Å². The molecule has 1 aliphatic heterocycles. The van der Waals surface area contributed by atoms with Crippen LogP contribution in [-0.4, -0.2) is 42.5 Å². The van der Waals surface area contributed by atoms with E-state index in [0.717, 1.165) is 44.8 Å². The molecule has 6 heteroatoms. The number of carbonyl (C=O) groups is 1. The third-order valence-corrected chi connectivity index (χ3v) is 5.15. The highest BCUT2D eigenvalue weighted by molar-refractivity contribution is 5.92. The maximum absolute atomic E-state index is 13.0. The minimum Gasteiger partial charge on any atom is -0.360 e. The van der Waals surface area contributed by atoms with Crippen molar-refractivity contribution in [3.05, 3.63) is 54.0 Å². The first-order valence-corrected chi connectivity index (χ1v) is 9.50. The molecular formula is C21H27FN4O. The lowest BCUT2D eigenvalue weighted by Crippen LogP contribution is -2.37. The van der Waals surface area contributed by atoms with Crippen LogP contribution in [-0.2, 0) is 11.3 Å². The van der Waals surface area contributed by atoms with Gasteiger partial charge in [0.1, 0.15) is 11.6 Å². The van der Waals surface area contributed by atoms with Crippen LogP contribution in [0.15, 0.2) is 42.6 Å². The van der Waals surface area contributed by atoms with E-state index >= 15 is 0 Å². The van der Waals surface area contributed by atoms with Crippen LogP contribution in [0, 0.1) is 11.7 Å². The average Bonchev–Trinajstić information content (AvgIpc) is 2.70. The summed E-state index contributed by atoms with van der Waals surface area (Å²) in [5.74, 6) is 0.711. The Kier molecular flexibility index (Phi) is 6.40. The summed E-state index contributed by atoms with van der Waals surface area (Å²) in [6.07, 6.45) is 3.60. The predicted molar refractivity (Wildman–Crippen MR) is 106 cm³/mol. The second-order valence-electron chi connectivity index (χ2n) is 7.09. The number of amides is 1. The second-order valence-corrected chi connectivity index (χ2v) is 7.09. The molecule has 1 aliphatic rings. The van der Waals surface area contributed by atoms with Gasteiger partial charge in [-0.25, -0.2) is 9.37 Å². The van der Waals surface area contributed by atoms with Crippen LogP contribution < -0.4 is 10.2 Å². The summed E-state index contributed by atoms with van der Waals surface area (Å²) in [5, 5.41) is 2.89. The molecule has 1 amide bonds. The smallest absolute Gasteiger partial charge is 0.227 e. The second kappa shape index (κ2) is 8.95. The van der Waals surface area contributed by atoms with Crippen LogP contribution in [0.5, 0.6) is 0 Å². The average molecular weight is 370 g/mol. The molecule has 1 aromatic carbocycles. The summed E-state index contributed by atoms with van der Waals surface area (Å²) in [5.41, 5.74) is 1.84. The van der Waals surface area contributed by atoms with E-state index in [-0.39, 0.29) is 17.6 Å². The fraction of sp³-hybridized carbons (Fsp3) is 0.429. The number of likely N-dealkylation sites (tertiary alicyclic amines) is 1. The molecule has 0 aliphatic carbocycles. The van der Waals surface area contributed by atoms with Gasteiger partial charge in [0.25, 0.3) is 0 Å². The van der Waals surface area contributed by atoms with Gasteiger partial charge in [-0.3, -0.25) is 9.69 Å². The molecule has 0 unspecified atom stereocenters. The van der Waals surface area contributed by atoms with Gasteiger partial charge in [0.05, 0.1) is 0 Å². The number of hydrogen-bond donors (Lipinski definition) is 1. The van der Waals surface area contributed by atoms with Gasteiger partial charge in [0.2, 0.25) is 5.91 Å². The number of benzene rings is 1. The van der Waals surface area contributed by atoms with Gasteiger partial charge in [-0.05, 0) is 68.8 Å². The summed E-state index contributed by atoms with van der Waals surface area (Å²) in [7, 11) is 2.03. The Morgan fingerprint density at radius 3 is 2.52 bits per heavy atom. The summed E-state index contributed by atoms with van der Waals surface area (Å²) in [4.78, 5) is 21.4. The molecule has 144 valence electrons. The van der Waals surface area contributed by atoms with E-state index in [1.165, 1.54) is 17.7 Å². The van der Waals surface area contributed by atoms with Gasteiger partial charge in [0.15, 0.2) is 0 Å². The standard InChI is InChI=1S/C21H27FN4O/c1-3-25(2)20-9-4-16(14-23-20)15-26-12-10-17(11-13-26)21(27)24-19-7-5-18(22)6-8-19/h4-9,14,17H,3,10-13,15H2,1-2H3,(H,24,27). The molecule has 1 saturated heterocycles. The van der Waals surface area contributed by atoms with E-state index in [2.05, 4.69) is 39.2 Å². The summed E-state index contributed by atoms with van der Waals surface area (Å²) in [6, 6.07) is 10.1. The topological polar surface area (TPSA) is 48.5 Å². The third-order valence-electron chi connectivity index (χ3n) is 5.15. The first-order chi connectivity index (χ1) is 13.0. The highest BCUT2D eigenvalue weighted by Gasteiger charge is 2.25. The highest BCUT2D eigenvalue weighted by Crippen LogP contribution is 2.21. The quantitative estimate of drug-likeness (QED) is 0.845. The molecule has 1 aromatic heterocycles. The Labute approximate surface area is 160 Å². The molecule has 2 aromatic rings. The van der Waals surface area contributed by atoms with Crippen molar-refractivity contribution in [2.45, 2.75) is 26.3 Å². The van der Waals surface area contributed by atoms with Crippen molar-refractivity contribution in [2.24, 2.45) is 5.92 Å². The van der Waals surface area contributed by atoms with Crippen molar-refractivity contribution in [3.8, 4) is 0 Å². The molecule has 1 fully saturated rings. The third kappa shape index (κ3) is 5.26. The lowest BCUT2D eigenvalue weighted by atomic mass is 9.95. The fourth-order valence-corrected chi connectivity index (χ4v) is 3.29. The Balaban J connectivity index is 1.47. The minimum absolute atomic E-state index is 0.00464. The fourth-order valence-electron chi connectivity index (χ4n) is 3.29. The first-order valence-electron chi connectivity index (χ1n) is 9.50. The Hall–Kier alpha value is -2.47. The zero-order valence-electron chi connectivity index (χ0n) is 16.0. The van der Waals surface area contributed by atoms with E-state index in [0.29, 0.717) is 5.69 Å². The van der Waals surface area contributed by atoms with Crippen LogP contribution in [0.4, 0.5) is 15.9 Å². The van der Waals surface area contributed by atoms with Gasteiger partial charge >= 0.3 is 0 Å². The normalized spacial score (nSPS) is 15.5. The lowest BCUT2D eigenvalue weighted by molar-refractivity contribution is -0.121. The van der Waals surface area contributed by atoms with E-state index in [1.54, 1.807) is 12.1 Å². The largest absolute Gasteiger partial charge is 0.360 e. The Morgan fingerprint density at radius 2 is 1.93 bits per heavy atom. The molecule has 0 radical (unpaired) electrons. The van der Waals surface area contributed by atoms with Gasteiger partial charge in [-0.2, -0.15) is 0 Å². The lowest BCUT2D eigenvalue weighted by Gasteiger charge is -2.31. The van der Waals surface area contributed by atoms with Crippen molar-refractivity contribution in [2.75, 3.05) is 36.9 Å². The number of pyridine rings is 1. The molecule has 5 nitrogen and oxygen atoms in total. The van der Waals surface area contributed by atoms with Gasteiger partial charge in [-0.15, -0.1) is 0 Å². The zero-order chi connectivity index (χ0) is 19.2. The van der Waals surface area contributed by atoms with Gasteiger partial charge < -0.3 is 10.2 Å². The molecular weight excluding hydrogens is 343 g/mol. The van der Waals surface area contributed by atoms with Crippen LogP contribution in [0.3, 0.4) is 0 Å². The van der Waals surface area contributed by atoms with Crippen LogP contribution in [0.1, 0.15) is 25.3 Å². The summed E-state index contributed by atoms with van der Waals surface area (Å²) >= 11 is 0. The zero-order valence-corrected chi connectivity index (χ0v) is 16.0. The van der Waals surface area contributed by atoms with E-state index in [9.17, 15) is 9.18 Å². The maximum atomic E-state index is 13.0. The number of carbonyl (C=O) groups excluding carboxylic acids is 1. The SMILES string of the molecule is CCN(C)c1ccc(CN2CCC(C(=O)Nc3ccc(F)cc3)CC2)cn1. The maximum Gasteiger partial charge on any atom is 0.227 e. The van der Waals surface area contributed by atoms with Crippen molar-refractivity contribution < 1.29 is 9.18 Å². The summed E-state index contributed by atoms with van der Waals surface area (Å²) < 4.78 is 13.0. The van der Waals surface area contributed by atoms with Crippen molar-refractivity contribution >= 4 is 17.4 Å². The number of nitrogens with one attached hydrogen (secondary N) is 1. The number of rotatable bonds is 6. The number of hydrogen-bond acceptors (Lipinski definition) is 4.